The number of aromatic nitrogens is 7. The van der Waals surface area contributed by atoms with Crippen LogP contribution in [-0.2, 0) is 0 Å². The van der Waals surface area contributed by atoms with Crippen molar-refractivity contribution in [2.24, 2.45) is 0 Å². The molecule has 0 saturated carbocycles. The Bertz CT molecular complexity index is 1280. The zero-order valence-corrected chi connectivity index (χ0v) is 18.5. The summed E-state index contributed by atoms with van der Waals surface area (Å²) < 4.78 is 1.86. The monoisotopic (exact) mass is 434 g/mol. The van der Waals surface area contributed by atoms with Crippen LogP contribution in [0.15, 0.2) is 30.6 Å². The molecular formula is C22H26N8O2. The van der Waals surface area contributed by atoms with Gasteiger partial charge in [-0.05, 0) is 58.7 Å². The quantitative estimate of drug-likeness (QED) is 0.361. The molecule has 0 aliphatic carbocycles. The van der Waals surface area contributed by atoms with Crippen molar-refractivity contribution < 1.29 is 10.2 Å². The average Bonchev–Trinajstić information content (AvgIpc) is 3.36. The summed E-state index contributed by atoms with van der Waals surface area (Å²) in [7, 11) is 0. The molecule has 4 N–H and O–H groups in total. The Kier molecular flexibility index (Phi) is 4.45. The SMILES string of the molecule is CC1(C)CC(n2nnc3cc(-c4cc(O)c(-c5cn[nH]c5)cc4O)nnc32)CC(C)(C)N1. The number of fused-ring (bicyclic) bond motifs is 1. The number of phenols is 2. The minimum atomic E-state index is -0.0435. The highest BCUT2D eigenvalue weighted by atomic mass is 16.3. The van der Waals surface area contributed by atoms with Crippen molar-refractivity contribution >= 4 is 11.2 Å². The maximum Gasteiger partial charge on any atom is 0.201 e. The van der Waals surface area contributed by atoms with E-state index in [1.165, 1.54) is 12.1 Å². The van der Waals surface area contributed by atoms with Gasteiger partial charge in [0.25, 0.3) is 0 Å². The van der Waals surface area contributed by atoms with E-state index in [-0.39, 0.29) is 28.6 Å². The molecule has 32 heavy (non-hydrogen) atoms. The van der Waals surface area contributed by atoms with Crippen LogP contribution in [0.3, 0.4) is 0 Å². The molecule has 0 unspecified atom stereocenters. The van der Waals surface area contributed by atoms with Gasteiger partial charge < -0.3 is 15.5 Å². The third kappa shape index (κ3) is 3.56. The molecule has 0 atom stereocenters. The summed E-state index contributed by atoms with van der Waals surface area (Å²) in [5.41, 5.74) is 3.01. The second-order valence-corrected chi connectivity index (χ2v) is 9.80. The fraction of sp³-hybridized carbons (Fsp3) is 0.409. The predicted molar refractivity (Wildman–Crippen MR) is 119 cm³/mol. The highest BCUT2D eigenvalue weighted by molar-refractivity contribution is 5.82. The molecule has 10 heteroatoms. The maximum absolute atomic E-state index is 10.6. The summed E-state index contributed by atoms with van der Waals surface area (Å²) in [4.78, 5) is 0. The summed E-state index contributed by atoms with van der Waals surface area (Å²) >= 11 is 0. The second-order valence-electron chi connectivity index (χ2n) is 9.80. The normalized spacial score (nSPS) is 18.2. The van der Waals surface area contributed by atoms with Crippen molar-refractivity contribution in [1.82, 2.24) is 40.7 Å². The lowest BCUT2D eigenvalue weighted by Crippen LogP contribution is -2.58. The fourth-order valence-corrected chi connectivity index (χ4v) is 4.98. The van der Waals surface area contributed by atoms with Gasteiger partial charge in [-0.2, -0.15) is 5.10 Å². The molecule has 0 amide bonds. The summed E-state index contributed by atoms with van der Waals surface area (Å²) in [5, 5.41) is 48.8. The molecular weight excluding hydrogens is 408 g/mol. The van der Waals surface area contributed by atoms with Gasteiger partial charge in [0, 0.05) is 34.0 Å². The summed E-state index contributed by atoms with van der Waals surface area (Å²) in [6.07, 6.45) is 4.99. The van der Waals surface area contributed by atoms with Crippen LogP contribution in [0.1, 0.15) is 46.6 Å². The summed E-state index contributed by atoms with van der Waals surface area (Å²) in [5.74, 6) is -0.0224. The number of nitrogens with zero attached hydrogens (tertiary/aromatic N) is 6. The Balaban J connectivity index is 1.52. The van der Waals surface area contributed by atoms with Crippen LogP contribution in [0.4, 0.5) is 0 Å². The lowest BCUT2D eigenvalue weighted by molar-refractivity contribution is 0.127. The number of aromatic hydroxyl groups is 2. The number of piperidine rings is 1. The van der Waals surface area contributed by atoms with Gasteiger partial charge in [0.15, 0.2) is 0 Å². The molecule has 1 aliphatic rings. The Morgan fingerprint density at radius 2 is 1.62 bits per heavy atom. The van der Waals surface area contributed by atoms with E-state index in [4.69, 9.17) is 0 Å². The van der Waals surface area contributed by atoms with Gasteiger partial charge in [0.2, 0.25) is 5.65 Å². The molecule has 4 heterocycles. The van der Waals surface area contributed by atoms with Crippen LogP contribution in [-0.4, -0.2) is 56.7 Å². The molecule has 5 rings (SSSR count). The van der Waals surface area contributed by atoms with Crippen molar-refractivity contribution in [3.05, 3.63) is 30.6 Å². The predicted octanol–water partition coefficient (Wildman–Crippen LogP) is 3.17. The van der Waals surface area contributed by atoms with Crippen LogP contribution in [0, 0.1) is 0 Å². The first-order chi connectivity index (χ1) is 15.1. The van der Waals surface area contributed by atoms with Crippen LogP contribution in [0.2, 0.25) is 0 Å². The first kappa shape index (κ1) is 20.4. The van der Waals surface area contributed by atoms with Crippen molar-refractivity contribution in [2.75, 3.05) is 0 Å². The third-order valence-corrected chi connectivity index (χ3v) is 5.93. The minimum absolute atomic E-state index is 0.00363. The Hall–Kier alpha value is -3.53. The van der Waals surface area contributed by atoms with Crippen molar-refractivity contribution in [3.63, 3.8) is 0 Å². The van der Waals surface area contributed by atoms with E-state index in [0.717, 1.165) is 12.8 Å². The first-order valence-corrected chi connectivity index (χ1v) is 10.6. The van der Waals surface area contributed by atoms with E-state index >= 15 is 0 Å². The van der Waals surface area contributed by atoms with Crippen molar-refractivity contribution in [2.45, 2.75) is 57.7 Å². The smallest absolute Gasteiger partial charge is 0.201 e. The van der Waals surface area contributed by atoms with E-state index in [9.17, 15) is 10.2 Å². The molecule has 1 fully saturated rings. The van der Waals surface area contributed by atoms with Gasteiger partial charge in [-0.25, -0.2) is 4.68 Å². The molecule has 0 spiro atoms. The topological polar surface area (TPSA) is 138 Å². The largest absolute Gasteiger partial charge is 0.507 e. The molecule has 0 radical (unpaired) electrons. The zero-order valence-electron chi connectivity index (χ0n) is 18.5. The molecule has 0 bridgehead atoms. The second kappa shape index (κ2) is 6.99. The number of aromatic amines is 1. The van der Waals surface area contributed by atoms with Crippen LogP contribution < -0.4 is 5.32 Å². The molecule has 1 aromatic carbocycles. The lowest BCUT2D eigenvalue weighted by Gasteiger charge is -2.46. The zero-order chi connectivity index (χ0) is 22.7. The molecule has 3 aromatic heterocycles. The molecule has 10 nitrogen and oxygen atoms in total. The number of benzene rings is 1. The van der Waals surface area contributed by atoms with Gasteiger partial charge >= 0.3 is 0 Å². The number of rotatable bonds is 3. The van der Waals surface area contributed by atoms with Crippen LogP contribution >= 0.6 is 0 Å². The van der Waals surface area contributed by atoms with Gasteiger partial charge in [-0.15, -0.1) is 15.3 Å². The third-order valence-electron chi connectivity index (χ3n) is 5.93. The van der Waals surface area contributed by atoms with Gasteiger partial charge in [0.05, 0.1) is 17.9 Å². The molecule has 1 saturated heterocycles. The number of H-pyrrole nitrogens is 1. The average molecular weight is 435 g/mol. The van der Waals surface area contributed by atoms with E-state index in [1.807, 2.05) is 4.68 Å². The standard InChI is InChI=1S/C22H26N8O2/c1-21(2)8-13(9-22(3,4)28-21)30-20-17(26-29-30)7-16(25-27-20)15-6-18(31)14(5-19(15)32)12-10-23-24-11-12/h5-7,10-11,13,28,31-32H,8-9H2,1-4H3,(H,23,24). The number of hydrogen-bond acceptors (Lipinski definition) is 8. The molecule has 4 aromatic rings. The lowest BCUT2D eigenvalue weighted by atomic mass is 9.80. The van der Waals surface area contributed by atoms with E-state index in [2.05, 4.69) is 63.7 Å². The van der Waals surface area contributed by atoms with Gasteiger partial charge in [0.1, 0.15) is 17.0 Å². The minimum Gasteiger partial charge on any atom is -0.507 e. The van der Waals surface area contributed by atoms with Gasteiger partial charge in [-0.1, -0.05) is 5.21 Å². The Morgan fingerprint density at radius 3 is 2.31 bits per heavy atom. The number of phenolic OH excluding ortho intramolecular Hbond substituents is 2. The number of nitrogens with one attached hydrogen (secondary N) is 2. The van der Waals surface area contributed by atoms with E-state index in [1.54, 1.807) is 18.5 Å². The highest BCUT2D eigenvalue weighted by Gasteiger charge is 2.39. The molecule has 1 aliphatic heterocycles. The van der Waals surface area contributed by atoms with Gasteiger partial charge in [-0.3, -0.25) is 5.10 Å². The molecule has 166 valence electrons. The Morgan fingerprint density at radius 1 is 0.938 bits per heavy atom. The number of hydrogen-bond donors (Lipinski definition) is 4. The van der Waals surface area contributed by atoms with Crippen LogP contribution in [0.25, 0.3) is 33.5 Å². The van der Waals surface area contributed by atoms with Crippen molar-refractivity contribution in [3.8, 4) is 33.9 Å². The summed E-state index contributed by atoms with van der Waals surface area (Å²) in [6.45, 7) is 8.75. The Labute approximate surface area is 184 Å². The first-order valence-electron chi connectivity index (χ1n) is 10.6. The van der Waals surface area contributed by atoms with Crippen molar-refractivity contribution in [1.29, 1.82) is 0 Å². The maximum atomic E-state index is 10.6. The van der Waals surface area contributed by atoms with E-state index in [0.29, 0.717) is 33.5 Å². The fourth-order valence-electron chi connectivity index (χ4n) is 4.98. The van der Waals surface area contributed by atoms with E-state index < -0.39 is 0 Å². The van der Waals surface area contributed by atoms with Crippen LogP contribution in [0.5, 0.6) is 11.5 Å². The highest BCUT2D eigenvalue weighted by Crippen LogP contribution is 2.40. The summed E-state index contributed by atoms with van der Waals surface area (Å²) in [6, 6.07) is 4.82.